The molecule has 0 amide bonds. The van der Waals surface area contributed by atoms with Crippen LogP contribution in [0.25, 0.3) is 21.8 Å². The molecule has 0 saturated carbocycles. The Morgan fingerprint density at radius 3 is 2.71 bits per heavy atom. The van der Waals surface area contributed by atoms with Crippen molar-refractivity contribution in [3.63, 3.8) is 0 Å². The van der Waals surface area contributed by atoms with Gasteiger partial charge in [-0.2, -0.15) is 0 Å². The molecule has 4 N–H and O–H groups in total. The van der Waals surface area contributed by atoms with E-state index in [9.17, 15) is 5.11 Å². The highest BCUT2D eigenvalue weighted by Crippen LogP contribution is 2.33. The molecule has 2 heterocycles. The molecular formula is C26H37N3O2. The number of aliphatic hydroxyl groups is 1. The van der Waals surface area contributed by atoms with Crippen molar-refractivity contribution < 1.29 is 9.84 Å². The SMILES string of the molecule is CCCCCC(NC[C@H](O)COc1cccc2[nH]c3ccccc3c12)C1CCNCC1. The maximum atomic E-state index is 10.7. The highest BCUT2D eigenvalue weighted by atomic mass is 16.5. The van der Waals surface area contributed by atoms with Crippen LogP contribution >= 0.6 is 0 Å². The van der Waals surface area contributed by atoms with Crippen LogP contribution in [0.4, 0.5) is 0 Å². The number of benzene rings is 2. The number of aromatic amines is 1. The van der Waals surface area contributed by atoms with Gasteiger partial charge in [0.2, 0.25) is 0 Å². The van der Waals surface area contributed by atoms with E-state index in [4.69, 9.17) is 4.74 Å². The van der Waals surface area contributed by atoms with Crippen LogP contribution in [0.2, 0.25) is 0 Å². The van der Waals surface area contributed by atoms with E-state index in [1.807, 2.05) is 24.3 Å². The summed E-state index contributed by atoms with van der Waals surface area (Å²) in [6.45, 7) is 5.33. The number of nitrogens with one attached hydrogen (secondary N) is 3. The number of piperidine rings is 1. The lowest BCUT2D eigenvalue weighted by atomic mass is 9.87. The Kier molecular flexibility index (Phi) is 7.84. The predicted octanol–water partition coefficient (Wildman–Crippen LogP) is 4.60. The number of hydrogen-bond acceptors (Lipinski definition) is 4. The summed E-state index contributed by atoms with van der Waals surface area (Å²) in [6, 6.07) is 14.8. The number of H-pyrrole nitrogens is 1. The number of para-hydroxylation sites is 1. The van der Waals surface area contributed by atoms with Gasteiger partial charge in [-0.3, -0.25) is 0 Å². The number of ether oxygens (including phenoxy) is 1. The monoisotopic (exact) mass is 423 g/mol. The number of unbranched alkanes of at least 4 members (excludes halogenated alkanes) is 2. The van der Waals surface area contributed by atoms with Crippen LogP contribution < -0.4 is 15.4 Å². The molecule has 0 radical (unpaired) electrons. The average Bonchev–Trinajstić information content (AvgIpc) is 3.20. The lowest BCUT2D eigenvalue weighted by Crippen LogP contribution is -2.45. The lowest BCUT2D eigenvalue weighted by molar-refractivity contribution is 0.0991. The Balaban J connectivity index is 1.35. The highest BCUT2D eigenvalue weighted by Gasteiger charge is 2.23. The second-order valence-electron chi connectivity index (χ2n) is 8.91. The first-order valence-electron chi connectivity index (χ1n) is 12.0. The third kappa shape index (κ3) is 5.59. The minimum absolute atomic E-state index is 0.291. The van der Waals surface area contributed by atoms with Crippen molar-refractivity contribution in [1.29, 1.82) is 0 Å². The molecule has 2 atom stereocenters. The van der Waals surface area contributed by atoms with E-state index in [0.29, 0.717) is 25.1 Å². The number of aliphatic hydroxyl groups excluding tert-OH is 1. The van der Waals surface area contributed by atoms with Crippen molar-refractivity contribution in [3.05, 3.63) is 42.5 Å². The van der Waals surface area contributed by atoms with Crippen molar-refractivity contribution in [2.24, 2.45) is 5.92 Å². The van der Waals surface area contributed by atoms with Crippen LogP contribution in [0, 0.1) is 5.92 Å². The number of rotatable bonds is 11. The molecule has 4 rings (SSSR count). The Hall–Kier alpha value is -2.08. The molecule has 1 unspecified atom stereocenters. The van der Waals surface area contributed by atoms with Gasteiger partial charge in [0.15, 0.2) is 0 Å². The summed E-state index contributed by atoms with van der Waals surface area (Å²) in [7, 11) is 0. The van der Waals surface area contributed by atoms with Crippen molar-refractivity contribution in [2.45, 2.75) is 57.6 Å². The van der Waals surface area contributed by atoms with Gasteiger partial charge in [0.25, 0.3) is 0 Å². The third-order valence-corrected chi connectivity index (χ3v) is 6.61. The second kappa shape index (κ2) is 11.0. The molecule has 0 aliphatic carbocycles. The zero-order chi connectivity index (χ0) is 21.5. The van der Waals surface area contributed by atoms with E-state index in [0.717, 1.165) is 40.6 Å². The molecule has 31 heavy (non-hydrogen) atoms. The van der Waals surface area contributed by atoms with Crippen LogP contribution in [0.5, 0.6) is 5.75 Å². The Labute approximate surface area is 185 Å². The van der Waals surface area contributed by atoms with Crippen LogP contribution in [0.3, 0.4) is 0 Å². The molecule has 1 fully saturated rings. The molecule has 1 saturated heterocycles. The maximum absolute atomic E-state index is 10.7. The Morgan fingerprint density at radius 2 is 1.87 bits per heavy atom. The van der Waals surface area contributed by atoms with E-state index in [2.05, 4.69) is 40.7 Å². The topological polar surface area (TPSA) is 69.3 Å². The maximum Gasteiger partial charge on any atom is 0.129 e. The van der Waals surface area contributed by atoms with Gasteiger partial charge in [-0.05, 0) is 56.5 Å². The lowest BCUT2D eigenvalue weighted by Gasteiger charge is -2.32. The van der Waals surface area contributed by atoms with Gasteiger partial charge in [0.1, 0.15) is 18.5 Å². The largest absolute Gasteiger partial charge is 0.490 e. The number of hydrogen-bond donors (Lipinski definition) is 4. The molecule has 3 aromatic rings. The van der Waals surface area contributed by atoms with Crippen molar-refractivity contribution >= 4 is 21.8 Å². The summed E-state index contributed by atoms with van der Waals surface area (Å²) in [5.41, 5.74) is 2.17. The van der Waals surface area contributed by atoms with Gasteiger partial charge in [-0.25, -0.2) is 0 Å². The minimum atomic E-state index is -0.532. The third-order valence-electron chi connectivity index (χ3n) is 6.61. The molecule has 5 nitrogen and oxygen atoms in total. The fourth-order valence-corrected chi connectivity index (χ4v) is 4.89. The summed E-state index contributed by atoms with van der Waals surface area (Å²) < 4.78 is 6.10. The first-order chi connectivity index (χ1) is 15.3. The van der Waals surface area contributed by atoms with E-state index < -0.39 is 6.10 Å². The highest BCUT2D eigenvalue weighted by molar-refractivity contribution is 6.10. The van der Waals surface area contributed by atoms with E-state index >= 15 is 0 Å². The fourth-order valence-electron chi connectivity index (χ4n) is 4.89. The van der Waals surface area contributed by atoms with Crippen LogP contribution in [-0.4, -0.2) is 48.5 Å². The van der Waals surface area contributed by atoms with Crippen molar-refractivity contribution in [1.82, 2.24) is 15.6 Å². The van der Waals surface area contributed by atoms with Gasteiger partial charge in [-0.1, -0.05) is 50.5 Å². The molecular weight excluding hydrogens is 386 g/mol. The zero-order valence-electron chi connectivity index (χ0n) is 18.7. The van der Waals surface area contributed by atoms with Gasteiger partial charge in [-0.15, -0.1) is 0 Å². The number of aromatic nitrogens is 1. The molecule has 1 aliphatic rings. The normalized spacial score (nSPS) is 17.2. The van der Waals surface area contributed by atoms with Crippen LogP contribution in [0.15, 0.2) is 42.5 Å². The van der Waals surface area contributed by atoms with Crippen molar-refractivity contribution in [2.75, 3.05) is 26.2 Å². The predicted molar refractivity (Wildman–Crippen MR) is 129 cm³/mol. The smallest absolute Gasteiger partial charge is 0.129 e. The van der Waals surface area contributed by atoms with Crippen LogP contribution in [-0.2, 0) is 0 Å². The minimum Gasteiger partial charge on any atom is -0.490 e. The molecule has 1 aromatic heterocycles. The van der Waals surface area contributed by atoms with E-state index in [-0.39, 0.29) is 0 Å². The molecule has 168 valence electrons. The van der Waals surface area contributed by atoms with Gasteiger partial charge < -0.3 is 25.5 Å². The Morgan fingerprint density at radius 1 is 1.06 bits per heavy atom. The summed E-state index contributed by atoms with van der Waals surface area (Å²) >= 11 is 0. The molecule has 0 bridgehead atoms. The number of fused-ring (bicyclic) bond motifs is 3. The molecule has 5 heteroatoms. The first-order valence-corrected chi connectivity index (χ1v) is 12.0. The summed E-state index contributed by atoms with van der Waals surface area (Å²) in [4.78, 5) is 3.45. The quantitative estimate of drug-likeness (QED) is 0.340. The molecule has 0 spiro atoms. The van der Waals surface area contributed by atoms with Gasteiger partial charge in [0, 0.05) is 28.9 Å². The van der Waals surface area contributed by atoms with E-state index in [1.165, 1.54) is 38.5 Å². The summed E-state index contributed by atoms with van der Waals surface area (Å²) in [6.07, 6.45) is 6.89. The van der Waals surface area contributed by atoms with Gasteiger partial charge in [0.05, 0.1) is 5.52 Å². The Bertz CT molecular complexity index is 948. The second-order valence-corrected chi connectivity index (χ2v) is 8.91. The van der Waals surface area contributed by atoms with Crippen molar-refractivity contribution in [3.8, 4) is 5.75 Å². The standard InChI is InChI=1S/C26H37N3O2/c1-2-3-4-9-22(19-13-15-27-16-14-19)28-17-20(30)18-31-25-12-7-11-24-26(25)21-8-5-6-10-23(21)29-24/h5-8,10-12,19-20,22,27-30H,2-4,9,13-18H2,1H3/t20-,22?/m0/s1. The average molecular weight is 424 g/mol. The van der Waals surface area contributed by atoms with Gasteiger partial charge >= 0.3 is 0 Å². The fraction of sp³-hybridized carbons (Fsp3) is 0.538. The molecule has 2 aromatic carbocycles. The zero-order valence-corrected chi connectivity index (χ0v) is 18.7. The van der Waals surface area contributed by atoms with E-state index in [1.54, 1.807) is 0 Å². The first kappa shape index (κ1) is 22.1. The van der Waals surface area contributed by atoms with Crippen LogP contribution in [0.1, 0.15) is 45.4 Å². The molecule has 1 aliphatic heterocycles. The summed E-state index contributed by atoms with van der Waals surface area (Å²) in [5.74, 6) is 1.53. The summed E-state index contributed by atoms with van der Waals surface area (Å²) in [5, 5.41) is 20.0.